The topological polar surface area (TPSA) is 49.4 Å². The third-order valence-corrected chi connectivity index (χ3v) is 5.11. The molecule has 1 aliphatic heterocycles. The van der Waals surface area contributed by atoms with Crippen LogP contribution in [0.5, 0.6) is 0 Å². The minimum Gasteiger partial charge on any atom is -0.338 e. The number of carbonyl (C=O) groups excluding carboxylic acids is 2. The van der Waals surface area contributed by atoms with Crippen molar-refractivity contribution < 1.29 is 14.0 Å². The van der Waals surface area contributed by atoms with Gasteiger partial charge in [0.25, 0.3) is 5.91 Å². The van der Waals surface area contributed by atoms with Gasteiger partial charge in [0.1, 0.15) is 5.82 Å². The molecule has 0 spiro atoms. The van der Waals surface area contributed by atoms with E-state index in [1.807, 2.05) is 13.0 Å². The molecule has 2 amide bonds. The SMILES string of the molecule is Cc1c(Cl)cccc1NC(=O)C1CCCN(C(=O)c2ccc(F)cc2)C1. The Balaban J connectivity index is 1.67. The van der Waals surface area contributed by atoms with E-state index in [0.717, 1.165) is 18.4 Å². The zero-order valence-electron chi connectivity index (χ0n) is 14.5. The van der Waals surface area contributed by atoms with E-state index in [4.69, 9.17) is 11.6 Å². The summed E-state index contributed by atoms with van der Waals surface area (Å²) < 4.78 is 13.0. The molecule has 4 nitrogen and oxygen atoms in total. The zero-order valence-corrected chi connectivity index (χ0v) is 15.2. The van der Waals surface area contributed by atoms with Crippen molar-refractivity contribution in [2.45, 2.75) is 19.8 Å². The highest BCUT2D eigenvalue weighted by molar-refractivity contribution is 6.31. The van der Waals surface area contributed by atoms with Gasteiger partial charge in [-0.3, -0.25) is 9.59 Å². The Bertz CT molecular complexity index is 823. The maximum Gasteiger partial charge on any atom is 0.253 e. The minimum absolute atomic E-state index is 0.119. The number of hydrogen-bond donors (Lipinski definition) is 1. The number of halogens is 2. The van der Waals surface area contributed by atoms with Gasteiger partial charge in [-0.2, -0.15) is 0 Å². The van der Waals surface area contributed by atoms with Crippen molar-refractivity contribution in [3.8, 4) is 0 Å². The predicted octanol–water partition coefficient (Wildman–Crippen LogP) is 4.28. The van der Waals surface area contributed by atoms with Gasteiger partial charge in [0, 0.05) is 29.4 Å². The van der Waals surface area contributed by atoms with Crippen LogP contribution in [0.15, 0.2) is 42.5 Å². The molecule has 2 aromatic rings. The number of benzene rings is 2. The van der Waals surface area contributed by atoms with Crippen LogP contribution in [0, 0.1) is 18.7 Å². The number of rotatable bonds is 3. The van der Waals surface area contributed by atoms with E-state index < -0.39 is 0 Å². The van der Waals surface area contributed by atoms with Crippen LogP contribution in [0.4, 0.5) is 10.1 Å². The summed E-state index contributed by atoms with van der Waals surface area (Å²) in [4.78, 5) is 26.9. The summed E-state index contributed by atoms with van der Waals surface area (Å²) in [5.41, 5.74) is 1.93. The lowest BCUT2D eigenvalue weighted by Crippen LogP contribution is -2.43. The summed E-state index contributed by atoms with van der Waals surface area (Å²) in [5.74, 6) is -0.964. The molecule has 1 heterocycles. The van der Waals surface area contributed by atoms with Crippen molar-refractivity contribution >= 4 is 29.1 Å². The molecule has 0 bridgehead atoms. The highest BCUT2D eigenvalue weighted by atomic mass is 35.5. The van der Waals surface area contributed by atoms with Gasteiger partial charge in [-0.1, -0.05) is 17.7 Å². The van der Waals surface area contributed by atoms with Crippen LogP contribution < -0.4 is 5.32 Å². The van der Waals surface area contributed by atoms with Crippen molar-refractivity contribution in [2.75, 3.05) is 18.4 Å². The van der Waals surface area contributed by atoms with Crippen LogP contribution in [0.2, 0.25) is 5.02 Å². The van der Waals surface area contributed by atoms with E-state index in [2.05, 4.69) is 5.32 Å². The van der Waals surface area contributed by atoms with Gasteiger partial charge in [0.15, 0.2) is 0 Å². The molecule has 1 atom stereocenters. The fourth-order valence-corrected chi connectivity index (χ4v) is 3.30. The maximum atomic E-state index is 13.0. The summed E-state index contributed by atoms with van der Waals surface area (Å²) in [6.45, 7) is 2.79. The molecule has 26 heavy (non-hydrogen) atoms. The molecule has 3 rings (SSSR count). The van der Waals surface area contributed by atoms with Gasteiger partial charge in [0.2, 0.25) is 5.91 Å². The molecular formula is C20H20ClFN2O2. The molecule has 0 aliphatic carbocycles. The molecule has 1 N–H and O–H groups in total. The Morgan fingerprint density at radius 2 is 1.92 bits per heavy atom. The third kappa shape index (κ3) is 4.05. The Morgan fingerprint density at radius 1 is 1.19 bits per heavy atom. The molecule has 6 heteroatoms. The first-order valence-corrected chi connectivity index (χ1v) is 8.94. The molecule has 2 aromatic carbocycles. The third-order valence-electron chi connectivity index (χ3n) is 4.70. The number of nitrogens with one attached hydrogen (secondary N) is 1. The van der Waals surface area contributed by atoms with Crippen molar-refractivity contribution in [3.05, 3.63) is 64.4 Å². The van der Waals surface area contributed by atoms with Crippen LogP contribution in [0.25, 0.3) is 0 Å². The predicted molar refractivity (Wildman–Crippen MR) is 99.8 cm³/mol. The van der Waals surface area contributed by atoms with Crippen LogP contribution in [-0.4, -0.2) is 29.8 Å². The summed E-state index contributed by atoms with van der Waals surface area (Å²) in [7, 11) is 0. The summed E-state index contributed by atoms with van der Waals surface area (Å²) >= 11 is 6.10. The summed E-state index contributed by atoms with van der Waals surface area (Å²) in [5, 5.41) is 3.51. The lowest BCUT2D eigenvalue weighted by Gasteiger charge is -2.32. The Hall–Kier alpha value is -2.40. The summed E-state index contributed by atoms with van der Waals surface area (Å²) in [6.07, 6.45) is 1.47. The van der Waals surface area contributed by atoms with Crippen LogP contribution in [0.1, 0.15) is 28.8 Å². The van der Waals surface area contributed by atoms with E-state index >= 15 is 0 Å². The zero-order chi connectivity index (χ0) is 18.7. The second-order valence-electron chi connectivity index (χ2n) is 6.50. The van der Waals surface area contributed by atoms with Crippen molar-refractivity contribution in [1.29, 1.82) is 0 Å². The number of anilines is 1. The normalized spacial score (nSPS) is 17.0. The van der Waals surface area contributed by atoms with Crippen LogP contribution in [-0.2, 0) is 4.79 Å². The smallest absolute Gasteiger partial charge is 0.253 e. The standard InChI is InChI=1S/C20H20ClFN2O2/c1-13-17(21)5-2-6-18(13)23-19(25)15-4-3-11-24(12-15)20(26)14-7-9-16(22)10-8-14/h2,5-10,15H,3-4,11-12H2,1H3,(H,23,25). The maximum absolute atomic E-state index is 13.0. The molecule has 0 radical (unpaired) electrons. The largest absolute Gasteiger partial charge is 0.338 e. The van der Waals surface area contributed by atoms with E-state index in [9.17, 15) is 14.0 Å². The number of piperidine rings is 1. The molecule has 136 valence electrons. The molecular weight excluding hydrogens is 355 g/mol. The number of hydrogen-bond acceptors (Lipinski definition) is 2. The molecule has 1 saturated heterocycles. The first-order valence-electron chi connectivity index (χ1n) is 8.56. The molecule has 1 aliphatic rings. The molecule has 0 saturated carbocycles. The van der Waals surface area contributed by atoms with E-state index in [0.29, 0.717) is 29.4 Å². The van der Waals surface area contributed by atoms with Gasteiger partial charge in [0.05, 0.1) is 5.92 Å². The van der Waals surface area contributed by atoms with Crippen molar-refractivity contribution in [3.63, 3.8) is 0 Å². The first kappa shape index (κ1) is 18.4. The van der Waals surface area contributed by atoms with Crippen LogP contribution in [0.3, 0.4) is 0 Å². The number of likely N-dealkylation sites (tertiary alicyclic amines) is 1. The summed E-state index contributed by atoms with van der Waals surface area (Å²) in [6, 6.07) is 10.8. The Labute approximate surface area is 157 Å². The van der Waals surface area contributed by atoms with Gasteiger partial charge in [-0.25, -0.2) is 4.39 Å². The number of nitrogens with zero attached hydrogens (tertiary/aromatic N) is 1. The average molecular weight is 375 g/mol. The second-order valence-corrected chi connectivity index (χ2v) is 6.91. The van der Waals surface area contributed by atoms with Gasteiger partial charge < -0.3 is 10.2 Å². The molecule has 1 unspecified atom stereocenters. The molecule has 1 fully saturated rings. The number of carbonyl (C=O) groups is 2. The monoisotopic (exact) mass is 374 g/mol. The van der Waals surface area contributed by atoms with Crippen molar-refractivity contribution in [1.82, 2.24) is 4.90 Å². The fraction of sp³-hybridized carbons (Fsp3) is 0.300. The highest BCUT2D eigenvalue weighted by Gasteiger charge is 2.29. The second kappa shape index (κ2) is 7.87. The lowest BCUT2D eigenvalue weighted by atomic mass is 9.96. The van der Waals surface area contributed by atoms with Gasteiger partial charge >= 0.3 is 0 Å². The van der Waals surface area contributed by atoms with Crippen LogP contribution >= 0.6 is 11.6 Å². The lowest BCUT2D eigenvalue weighted by molar-refractivity contribution is -0.121. The fourth-order valence-electron chi connectivity index (χ4n) is 3.13. The van der Waals surface area contributed by atoms with E-state index in [-0.39, 0.29) is 23.5 Å². The first-order chi connectivity index (χ1) is 12.5. The van der Waals surface area contributed by atoms with E-state index in [1.54, 1.807) is 17.0 Å². The average Bonchev–Trinajstić information content (AvgIpc) is 2.65. The molecule has 0 aromatic heterocycles. The minimum atomic E-state index is -0.380. The van der Waals surface area contributed by atoms with E-state index in [1.165, 1.54) is 24.3 Å². The highest BCUT2D eigenvalue weighted by Crippen LogP contribution is 2.25. The Morgan fingerprint density at radius 3 is 2.65 bits per heavy atom. The van der Waals surface area contributed by atoms with Gasteiger partial charge in [-0.15, -0.1) is 0 Å². The van der Waals surface area contributed by atoms with Crippen molar-refractivity contribution in [2.24, 2.45) is 5.92 Å². The number of amides is 2. The quantitative estimate of drug-likeness (QED) is 0.871. The Kier molecular flexibility index (Phi) is 5.57. The van der Waals surface area contributed by atoms with Gasteiger partial charge in [-0.05, 0) is 61.7 Å².